The second-order valence-electron chi connectivity index (χ2n) is 3.55. The molecule has 1 heterocycles. The Hall–Kier alpha value is -1.49. The molecule has 0 bridgehead atoms. The van der Waals surface area contributed by atoms with E-state index in [0.29, 0.717) is 10.6 Å². The van der Waals surface area contributed by atoms with Crippen LogP contribution in [0, 0.1) is 5.82 Å². The van der Waals surface area contributed by atoms with E-state index in [-0.39, 0.29) is 11.9 Å². The molecule has 3 N–H and O–H groups in total. The van der Waals surface area contributed by atoms with Gasteiger partial charge in [0.25, 0.3) is 0 Å². The summed E-state index contributed by atoms with van der Waals surface area (Å²) in [6, 6.07) is 7.60. The molecule has 1 unspecified atom stereocenters. The predicted octanol–water partition coefficient (Wildman–Crippen LogP) is 2.43. The second kappa shape index (κ2) is 5.23. The third-order valence-corrected chi connectivity index (χ3v) is 2.78. The highest BCUT2D eigenvalue weighted by Crippen LogP contribution is 2.27. The summed E-state index contributed by atoms with van der Waals surface area (Å²) in [5, 5.41) is 0.486. The lowest BCUT2D eigenvalue weighted by atomic mass is 10.0. The lowest BCUT2D eigenvalue weighted by Crippen LogP contribution is -2.29. The molecular formula is C12H11ClFN3. The van der Waals surface area contributed by atoms with Crippen LogP contribution in [0.15, 0.2) is 42.7 Å². The van der Waals surface area contributed by atoms with E-state index in [1.54, 1.807) is 24.4 Å². The number of nitrogens with zero attached hydrogens (tertiary/aromatic N) is 1. The minimum atomic E-state index is -0.360. The third-order valence-electron chi connectivity index (χ3n) is 2.46. The molecule has 5 heteroatoms. The normalized spacial score (nSPS) is 12.4. The van der Waals surface area contributed by atoms with Crippen LogP contribution in [0.5, 0.6) is 0 Å². The monoisotopic (exact) mass is 251 g/mol. The highest BCUT2D eigenvalue weighted by Gasteiger charge is 2.15. The van der Waals surface area contributed by atoms with Crippen molar-refractivity contribution in [1.82, 2.24) is 10.4 Å². The summed E-state index contributed by atoms with van der Waals surface area (Å²) in [7, 11) is 0. The summed E-state index contributed by atoms with van der Waals surface area (Å²) in [5.74, 6) is 5.19. The van der Waals surface area contributed by atoms with Crippen molar-refractivity contribution in [3.63, 3.8) is 0 Å². The number of pyridine rings is 1. The molecule has 3 nitrogen and oxygen atoms in total. The molecule has 0 spiro atoms. The Balaban J connectivity index is 2.44. The Bertz CT molecular complexity index is 519. The van der Waals surface area contributed by atoms with E-state index in [9.17, 15) is 4.39 Å². The maximum absolute atomic E-state index is 13.2. The number of halogens is 2. The Morgan fingerprint density at radius 3 is 2.82 bits per heavy atom. The predicted molar refractivity (Wildman–Crippen MR) is 64.8 cm³/mol. The van der Waals surface area contributed by atoms with Crippen LogP contribution in [-0.2, 0) is 0 Å². The fraction of sp³-hybridized carbons (Fsp3) is 0.0833. The zero-order valence-corrected chi connectivity index (χ0v) is 9.66. The summed E-state index contributed by atoms with van der Waals surface area (Å²) in [6.07, 6.45) is 3.14. The van der Waals surface area contributed by atoms with E-state index in [0.717, 1.165) is 5.56 Å². The SMILES string of the molecule is NNC(c1cccc(F)c1)c1ccncc1Cl. The van der Waals surface area contributed by atoms with E-state index >= 15 is 0 Å². The van der Waals surface area contributed by atoms with Gasteiger partial charge in [0.15, 0.2) is 0 Å². The number of benzene rings is 1. The standard InChI is InChI=1S/C12H11ClFN3/c13-11-7-16-5-4-10(11)12(17-15)8-2-1-3-9(14)6-8/h1-7,12,17H,15H2. The third kappa shape index (κ3) is 2.61. The lowest BCUT2D eigenvalue weighted by Gasteiger charge is -2.17. The van der Waals surface area contributed by atoms with Crippen LogP contribution in [0.2, 0.25) is 5.02 Å². The summed E-state index contributed by atoms with van der Waals surface area (Å²) in [5.41, 5.74) is 4.09. The topological polar surface area (TPSA) is 50.9 Å². The van der Waals surface area contributed by atoms with Crippen LogP contribution in [0.1, 0.15) is 17.2 Å². The van der Waals surface area contributed by atoms with Gasteiger partial charge in [0, 0.05) is 12.4 Å². The van der Waals surface area contributed by atoms with Gasteiger partial charge in [0.1, 0.15) is 5.82 Å². The molecule has 17 heavy (non-hydrogen) atoms. The highest BCUT2D eigenvalue weighted by atomic mass is 35.5. The van der Waals surface area contributed by atoms with Crippen LogP contribution < -0.4 is 11.3 Å². The molecule has 2 rings (SSSR count). The van der Waals surface area contributed by atoms with Gasteiger partial charge in [0.2, 0.25) is 0 Å². The minimum Gasteiger partial charge on any atom is -0.271 e. The van der Waals surface area contributed by atoms with Gasteiger partial charge in [-0.05, 0) is 29.3 Å². The quantitative estimate of drug-likeness (QED) is 0.651. The van der Waals surface area contributed by atoms with Crippen molar-refractivity contribution in [3.05, 3.63) is 64.7 Å². The van der Waals surface area contributed by atoms with Crippen molar-refractivity contribution < 1.29 is 4.39 Å². The first-order valence-electron chi connectivity index (χ1n) is 5.03. The molecule has 0 aliphatic heterocycles. The number of aromatic nitrogens is 1. The van der Waals surface area contributed by atoms with Crippen molar-refractivity contribution in [2.75, 3.05) is 0 Å². The van der Waals surface area contributed by atoms with Gasteiger partial charge in [-0.15, -0.1) is 0 Å². The molecule has 1 aromatic carbocycles. The van der Waals surface area contributed by atoms with Crippen molar-refractivity contribution in [2.45, 2.75) is 6.04 Å². The van der Waals surface area contributed by atoms with E-state index < -0.39 is 0 Å². The molecule has 88 valence electrons. The van der Waals surface area contributed by atoms with E-state index in [4.69, 9.17) is 17.4 Å². The minimum absolute atomic E-state index is 0.312. The zero-order valence-electron chi connectivity index (χ0n) is 8.90. The van der Waals surface area contributed by atoms with Gasteiger partial charge in [-0.2, -0.15) is 0 Å². The molecule has 0 aliphatic rings. The first-order chi connectivity index (χ1) is 8.22. The van der Waals surface area contributed by atoms with Crippen LogP contribution >= 0.6 is 11.6 Å². The van der Waals surface area contributed by atoms with Gasteiger partial charge >= 0.3 is 0 Å². The Morgan fingerprint density at radius 2 is 2.18 bits per heavy atom. The van der Waals surface area contributed by atoms with Crippen molar-refractivity contribution in [3.8, 4) is 0 Å². The summed E-state index contributed by atoms with van der Waals surface area (Å²) >= 11 is 6.04. The zero-order chi connectivity index (χ0) is 12.3. The highest BCUT2D eigenvalue weighted by molar-refractivity contribution is 6.31. The van der Waals surface area contributed by atoms with Crippen LogP contribution in [-0.4, -0.2) is 4.98 Å². The van der Waals surface area contributed by atoms with Gasteiger partial charge in [-0.1, -0.05) is 23.7 Å². The fourth-order valence-electron chi connectivity index (χ4n) is 1.67. The first kappa shape index (κ1) is 12.0. The summed E-state index contributed by atoms with van der Waals surface area (Å²) < 4.78 is 13.2. The molecule has 0 radical (unpaired) electrons. The molecule has 0 aliphatic carbocycles. The first-order valence-corrected chi connectivity index (χ1v) is 5.41. The van der Waals surface area contributed by atoms with E-state index in [1.807, 2.05) is 0 Å². The maximum Gasteiger partial charge on any atom is 0.123 e. The molecule has 1 aromatic heterocycles. The second-order valence-corrected chi connectivity index (χ2v) is 3.96. The van der Waals surface area contributed by atoms with E-state index in [2.05, 4.69) is 10.4 Å². The Labute approximate surface area is 103 Å². The molecule has 0 saturated heterocycles. The largest absolute Gasteiger partial charge is 0.271 e. The average molecular weight is 252 g/mol. The van der Waals surface area contributed by atoms with Gasteiger partial charge in [0.05, 0.1) is 11.1 Å². The number of hydrazine groups is 1. The lowest BCUT2D eigenvalue weighted by molar-refractivity contribution is 0.605. The van der Waals surface area contributed by atoms with Crippen molar-refractivity contribution in [1.29, 1.82) is 0 Å². The Kier molecular flexibility index (Phi) is 3.68. The summed E-state index contributed by atoms with van der Waals surface area (Å²) in [6.45, 7) is 0. The molecule has 0 fully saturated rings. The van der Waals surface area contributed by atoms with Crippen LogP contribution in [0.3, 0.4) is 0 Å². The average Bonchev–Trinajstić information content (AvgIpc) is 2.33. The van der Waals surface area contributed by atoms with E-state index in [1.165, 1.54) is 18.3 Å². The molecule has 1 atom stereocenters. The van der Waals surface area contributed by atoms with Gasteiger partial charge < -0.3 is 0 Å². The number of hydrogen-bond acceptors (Lipinski definition) is 3. The number of nitrogens with one attached hydrogen (secondary N) is 1. The smallest absolute Gasteiger partial charge is 0.123 e. The van der Waals surface area contributed by atoms with Gasteiger partial charge in [-0.3, -0.25) is 10.8 Å². The number of hydrogen-bond donors (Lipinski definition) is 2. The van der Waals surface area contributed by atoms with Crippen molar-refractivity contribution >= 4 is 11.6 Å². The molecular weight excluding hydrogens is 241 g/mol. The number of rotatable bonds is 3. The maximum atomic E-state index is 13.2. The van der Waals surface area contributed by atoms with Crippen LogP contribution in [0.25, 0.3) is 0 Å². The van der Waals surface area contributed by atoms with Crippen molar-refractivity contribution in [2.24, 2.45) is 5.84 Å². The van der Waals surface area contributed by atoms with Gasteiger partial charge in [-0.25, -0.2) is 9.82 Å². The molecule has 2 aromatic rings. The van der Waals surface area contributed by atoms with Crippen LogP contribution in [0.4, 0.5) is 4.39 Å². The molecule has 0 amide bonds. The number of nitrogens with two attached hydrogens (primary N) is 1. The summed E-state index contributed by atoms with van der Waals surface area (Å²) in [4.78, 5) is 3.90. The Morgan fingerprint density at radius 1 is 1.35 bits per heavy atom. The molecule has 0 saturated carbocycles. The fourth-order valence-corrected chi connectivity index (χ4v) is 1.90.